The van der Waals surface area contributed by atoms with Crippen molar-refractivity contribution in [2.45, 2.75) is 18.0 Å². The molecular weight excluding hydrogens is 386 g/mol. The first-order valence-corrected chi connectivity index (χ1v) is 10.3. The van der Waals surface area contributed by atoms with E-state index >= 15 is 0 Å². The number of ketones is 1. The molecule has 0 bridgehead atoms. The van der Waals surface area contributed by atoms with Crippen LogP contribution < -0.4 is 9.47 Å². The van der Waals surface area contributed by atoms with Gasteiger partial charge in [0.25, 0.3) is 0 Å². The quantitative estimate of drug-likeness (QED) is 0.418. The van der Waals surface area contributed by atoms with Gasteiger partial charge in [0.05, 0.1) is 17.0 Å². The Bertz CT molecular complexity index is 1020. The molecule has 6 nitrogen and oxygen atoms in total. The van der Waals surface area contributed by atoms with E-state index in [-0.39, 0.29) is 5.78 Å². The minimum Gasteiger partial charge on any atom is -0.486 e. The van der Waals surface area contributed by atoms with Crippen molar-refractivity contribution in [3.05, 3.63) is 67.1 Å². The third kappa shape index (κ3) is 4.51. The lowest BCUT2D eigenvalue weighted by Gasteiger charge is -2.18. The van der Waals surface area contributed by atoms with E-state index < -0.39 is 0 Å². The van der Waals surface area contributed by atoms with Gasteiger partial charge in [0, 0.05) is 30.9 Å². The van der Waals surface area contributed by atoms with Crippen molar-refractivity contribution < 1.29 is 14.3 Å². The van der Waals surface area contributed by atoms with E-state index in [2.05, 4.69) is 16.5 Å². The first kappa shape index (κ1) is 19.3. The third-order valence-corrected chi connectivity index (χ3v) is 5.53. The number of nitrogens with zero attached hydrogens (tertiary/aromatic N) is 3. The van der Waals surface area contributed by atoms with Crippen LogP contribution in [0.25, 0.3) is 11.4 Å². The van der Waals surface area contributed by atoms with Gasteiger partial charge >= 0.3 is 0 Å². The van der Waals surface area contributed by atoms with Gasteiger partial charge in [-0.1, -0.05) is 23.9 Å². The van der Waals surface area contributed by atoms with Gasteiger partial charge in [-0.2, -0.15) is 0 Å². The summed E-state index contributed by atoms with van der Waals surface area (Å²) in [5.41, 5.74) is 1.86. The number of benzene rings is 1. The molecular formula is C22H21N3O3S. The molecule has 3 aromatic rings. The van der Waals surface area contributed by atoms with Crippen LogP contribution in [0, 0.1) is 0 Å². The average molecular weight is 407 g/mol. The maximum atomic E-state index is 12.5. The summed E-state index contributed by atoms with van der Waals surface area (Å²) < 4.78 is 13.2. The largest absolute Gasteiger partial charge is 0.486 e. The number of thioether (sulfide) groups is 1. The number of carbonyl (C=O) groups excluding carboxylic acids is 1. The highest BCUT2D eigenvalue weighted by atomic mass is 32.2. The zero-order valence-electron chi connectivity index (χ0n) is 15.9. The Labute approximate surface area is 173 Å². The normalized spacial score (nSPS) is 12.6. The molecule has 0 N–H and O–H groups in total. The number of hydrogen-bond acceptors (Lipinski definition) is 6. The van der Waals surface area contributed by atoms with Gasteiger partial charge in [0.1, 0.15) is 24.8 Å². The molecule has 29 heavy (non-hydrogen) atoms. The van der Waals surface area contributed by atoms with Crippen LogP contribution in [0.3, 0.4) is 0 Å². The van der Waals surface area contributed by atoms with Crippen molar-refractivity contribution in [2.24, 2.45) is 0 Å². The molecule has 4 rings (SSSR count). The first-order chi connectivity index (χ1) is 14.2. The highest BCUT2D eigenvalue weighted by Crippen LogP contribution is 2.31. The van der Waals surface area contributed by atoms with Crippen LogP contribution in [0.5, 0.6) is 11.5 Å². The predicted octanol–water partition coefficient (Wildman–Crippen LogP) is 3.81. The first-order valence-electron chi connectivity index (χ1n) is 9.34. The molecule has 0 amide bonds. The number of carbonyl (C=O) groups is 1. The van der Waals surface area contributed by atoms with Crippen LogP contribution >= 0.6 is 11.8 Å². The number of fused-ring (bicyclic) bond motifs is 1. The number of imidazole rings is 1. The molecule has 0 aliphatic carbocycles. The Kier molecular flexibility index (Phi) is 5.95. The molecule has 0 fully saturated rings. The van der Waals surface area contributed by atoms with Crippen LogP contribution in [-0.4, -0.2) is 39.3 Å². The maximum Gasteiger partial charge on any atom is 0.161 e. The smallest absolute Gasteiger partial charge is 0.161 e. The van der Waals surface area contributed by atoms with Crippen molar-refractivity contribution in [3.63, 3.8) is 0 Å². The second-order valence-corrected chi connectivity index (χ2v) is 7.54. The fraction of sp³-hybridized carbons (Fsp3) is 0.227. The molecule has 7 heteroatoms. The molecule has 0 unspecified atom stereocenters. The number of rotatable bonds is 8. The van der Waals surface area contributed by atoms with Gasteiger partial charge < -0.3 is 14.0 Å². The molecule has 1 aromatic carbocycles. The van der Waals surface area contributed by atoms with E-state index in [1.54, 1.807) is 18.6 Å². The molecule has 3 heterocycles. The van der Waals surface area contributed by atoms with E-state index in [1.165, 1.54) is 11.8 Å². The Morgan fingerprint density at radius 3 is 2.86 bits per heavy atom. The maximum absolute atomic E-state index is 12.5. The van der Waals surface area contributed by atoms with E-state index in [9.17, 15) is 4.79 Å². The average Bonchev–Trinajstić information content (AvgIpc) is 3.16. The fourth-order valence-electron chi connectivity index (χ4n) is 3.14. The van der Waals surface area contributed by atoms with Crippen LogP contribution in [0.2, 0.25) is 0 Å². The molecule has 0 saturated carbocycles. The van der Waals surface area contributed by atoms with Gasteiger partial charge in [-0.3, -0.25) is 9.78 Å². The Morgan fingerprint density at radius 2 is 2.07 bits per heavy atom. The SMILES string of the molecule is C=CCn1c(SCC(=O)Cc2ccc3c(c2)OCCO3)cnc1-c1cccnc1. The van der Waals surface area contributed by atoms with Crippen molar-refractivity contribution in [2.75, 3.05) is 19.0 Å². The zero-order chi connectivity index (χ0) is 20.1. The van der Waals surface area contributed by atoms with Crippen LogP contribution in [0.4, 0.5) is 0 Å². The molecule has 1 aliphatic rings. The third-order valence-electron chi connectivity index (χ3n) is 4.44. The molecule has 0 spiro atoms. The monoisotopic (exact) mass is 407 g/mol. The van der Waals surface area contributed by atoms with E-state index in [0.717, 1.165) is 27.7 Å². The van der Waals surface area contributed by atoms with Gasteiger partial charge in [-0.25, -0.2) is 4.98 Å². The second-order valence-electron chi connectivity index (χ2n) is 6.54. The minimum absolute atomic E-state index is 0.140. The van der Waals surface area contributed by atoms with Crippen LogP contribution in [0.15, 0.2) is 66.6 Å². The summed E-state index contributed by atoms with van der Waals surface area (Å²) in [6, 6.07) is 9.52. The lowest BCUT2D eigenvalue weighted by atomic mass is 10.1. The molecule has 0 saturated heterocycles. The topological polar surface area (TPSA) is 66.2 Å². The van der Waals surface area contributed by atoms with E-state index in [0.29, 0.717) is 37.7 Å². The fourth-order valence-corrected chi connectivity index (χ4v) is 3.99. The lowest BCUT2D eigenvalue weighted by molar-refractivity contribution is -0.116. The van der Waals surface area contributed by atoms with Crippen molar-refractivity contribution >= 4 is 17.5 Å². The number of allylic oxidation sites excluding steroid dienone is 1. The number of aromatic nitrogens is 3. The molecule has 2 aromatic heterocycles. The highest BCUT2D eigenvalue weighted by molar-refractivity contribution is 7.99. The lowest BCUT2D eigenvalue weighted by Crippen LogP contribution is -2.15. The van der Waals surface area contributed by atoms with E-state index in [1.807, 2.05) is 41.0 Å². The number of ether oxygens (including phenoxy) is 2. The Balaban J connectivity index is 1.43. The van der Waals surface area contributed by atoms with E-state index in [4.69, 9.17) is 9.47 Å². The number of hydrogen-bond donors (Lipinski definition) is 0. The van der Waals surface area contributed by atoms with Gasteiger partial charge in [0.15, 0.2) is 11.5 Å². The predicted molar refractivity (Wildman–Crippen MR) is 113 cm³/mol. The summed E-state index contributed by atoms with van der Waals surface area (Å²) in [4.78, 5) is 21.2. The van der Waals surface area contributed by atoms with Crippen LogP contribution in [0.1, 0.15) is 5.56 Å². The second kappa shape index (κ2) is 8.96. The standard InChI is InChI=1S/C22H21N3O3S/c1-2-8-25-21(14-24-22(25)17-4-3-7-23-13-17)29-15-18(26)11-16-5-6-19-20(12-16)28-10-9-27-19/h2-7,12-14H,1,8-11,15H2. The number of Topliss-reactive ketones (excluding diaryl/α,β-unsaturated/α-hetero) is 1. The summed E-state index contributed by atoms with van der Waals surface area (Å²) in [7, 11) is 0. The molecule has 0 atom stereocenters. The minimum atomic E-state index is 0.140. The van der Waals surface area contributed by atoms with Gasteiger partial charge in [-0.05, 0) is 29.8 Å². The summed E-state index contributed by atoms with van der Waals surface area (Å²) in [5.74, 6) is 2.77. The molecule has 1 aliphatic heterocycles. The van der Waals surface area contributed by atoms with Crippen LogP contribution in [-0.2, 0) is 17.8 Å². The summed E-state index contributed by atoms with van der Waals surface area (Å²) in [6.07, 6.45) is 7.49. The van der Waals surface area contributed by atoms with Gasteiger partial charge in [-0.15, -0.1) is 6.58 Å². The molecule has 0 radical (unpaired) electrons. The van der Waals surface area contributed by atoms with Crippen molar-refractivity contribution in [1.29, 1.82) is 0 Å². The summed E-state index contributed by atoms with van der Waals surface area (Å²) in [6.45, 7) is 5.54. The summed E-state index contributed by atoms with van der Waals surface area (Å²) >= 11 is 1.49. The van der Waals surface area contributed by atoms with Crippen molar-refractivity contribution in [3.8, 4) is 22.9 Å². The zero-order valence-corrected chi connectivity index (χ0v) is 16.7. The number of pyridine rings is 1. The Morgan fingerprint density at radius 1 is 1.21 bits per heavy atom. The Hall–Kier alpha value is -3.06. The molecule has 148 valence electrons. The summed E-state index contributed by atoms with van der Waals surface area (Å²) in [5, 5.41) is 0.930. The van der Waals surface area contributed by atoms with Crippen molar-refractivity contribution in [1.82, 2.24) is 14.5 Å². The highest BCUT2D eigenvalue weighted by Gasteiger charge is 2.15. The van der Waals surface area contributed by atoms with Gasteiger partial charge in [0.2, 0.25) is 0 Å².